The van der Waals surface area contributed by atoms with E-state index < -0.39 is 0 Å². The van der Waals surface area contributed by atoms with Crippen LogP contribution in [0.3, 0.4) is 0 Å². The number of piperidine rings is 1. The summed E-state index contributed by atoms with van der Waals surface area (Å²) in [4.78, 5) is 19.8. The maximum Gasteiger partial charge on any atom is 0.272 e. The summed E-state index contributed by atoms with van der Waals surface area (Å²) in [6, 6.07) is 2.00. The Bertz CT molecular complexity index is 809. The van der Waals surface area contributed by atoms with Crippen LogP contribution in [0.15, 0.2) is 18.5 Å². The Balaban J connectivity index is 1.40. The van der Waals surface area contributed by atoms with E-state index in [4.69, 9.17) is 0 Å². The first-order valence-electron chi connectivity index (χ1n) is 10.9. The SMILES string of the molecule is CCn1nc(CC(C)C)cc1C(=O)N1CCC(c2nccn2CC2CC2)CC1. The molecule has 0 bridgehead atoms. The number of nitrogens with zero attached hydrogens (tertiary/aromatic N) is 5. The summed E-state index contributed by atoms with van der Waals surface area (Å²) in [5, 5.41) is 4.64. The molecule has 2 fully saturated rings. The molecule has 0 spiro atoms. The molecule has 6 heteroatoms. The second-order valence-corrected chi connectivity index (χ2v) is 8.88. The molecule has 28 heavy (non-hydrogen) atoms. The molecule has 0 unspecified atom stereocenters. The highest BCUT2D eigenvalue weighted by molar-refractivity contribution is 5.92. The van der Waals surface area contributed by atoms with Crippen LogP contribution in [0.4, 0.5) is 0 Å². The fraction of sp³-hybridized carbons (Fsp3) is 0.682. The third-order valence-electron chi connectivity index (χ3n) is 6.01. The first-order valence-corrected chi connectivity index (χ1v) is 10.9. The summed E-state index contributed by atoms with van der Waals surface area (Å²) < 4.78 is 4.22. The molecule has 1 amide bonds. The highest BCUT2D eigenvalue weighted by Gasteiger charge is 2.30. The number of likely N-dealkylation sites (tertiary alicyclic amines) is 1. The lowest BCUT2D eigenvalue weighted by atomic mass is 9.95. The topological polar surface area (TPSA) is 56.0 Å². The van der Waals surface area contributed by atoms with Crippen LogP contribution in [-0.2, 0) is 19.5 Å². The molecule has 1 aliphatic heterocycles. The van der Waals surface area contributed by atoms with Crippen LogP contribution in [-0.4, -0.2) is 43.2 Å². The summed E-state index contributed by atoms with van der Waals surface area (Å²) in [7, 11) is 0. The number of amides is 1. The summed E-state index contributed by atoms with van der Waals surface area (Å²) >= 11 is 0. The number of aryl methyl sites for hydroxylation is 1. The van der Waals surface area contributed by atoms with Gasteiger partial charge in [-0.3, -0.25) is 9.48 Å². The number of rotatable bonds is 7. The lowest BCUT2D eigenvalue weighted by molar-refractivity contribution is 0.0697. The quantitative estimate of drug-likeness (QED) is 0.732. The maximum absolute atomic E-state index is 13.1. The second kappa shape index (κ2) is 8.10. The molecule has 0 N–H and O–H groups in total. The molecule has 0 atom stereocenters. The zero-order chi connectivity index (χ0) is 19.7. The Kier molecular flexibility index (Phi) is 5.56. The van der Waals surface area contributed by atoms with Crippen LogP contribution in [0.25, 0.3) is 0 Å². The molecule has 0 aromatic carbocycles. The molecular formula is C22H33N5O. The molecule has 2 aliphatic rings. The Morgan fingerprint density at radius 3 is 2.61 bits per heavy atom. The van der Waals surface area contributed by atoms with Gasteiger partial charge in [0, 0.05) is 44.5 Å². The van der Waals surface area contributed by atoms with Crippen LogP contribution >= 0.6 is 0 Å². The molecule has 1 saturated carbocycles. The molecule has 2 aromatic rings. The normalized spacial score (nSPS) is 18.2. The maximum atomic E-state index is 13.1. The summed E-state index contributed by atoms with van der Waals surface area (Å²) in [5.41, 5.74) is 1.77. The van der Waals surface area contributed by atoms with Crippen molar-refractivity contribution in [3.05, 3.63) is 35.7 Å². The van der Waals surface area contributed by atoms with Gasteiger partial charge in [-0.05, 0) is 56.9 Å². The van der Waals surface area contributed by atoms with Crippen molar-refractivity contribution in [3.63, 3.8) is 0 Å². The first-order chi connectivity index (χ1) is 13.5. The summed E-state index contributed by atoms with van der Waals surface area (Å²) in [6.45, 7) is 9.86. The van der Waals surface area contributed by atoms with Crippen LogP contribution in [0, 0.1) is 11.8 Å². The highest BCUT2D eigenvalue weighted by atomic mass is 16.2. The number of hydrogen-bond donors (Lipinski definition) is 0. The highest BCUT2D eigenvalue weighted by Crippen LogP contribution is 2.33. The fourth-order valence-electron chi connectivity index (χ4n) is 4.32. The van der Waals surface area contributed by atoms with E-state index in [1.807, 2.05) is 21.8 Å². The van der Waals surface area contributed by atoms with E-state index in [0.717, 1.165) is 62.7 Å². The van der Waals surface area contributed by atoms with Gasteiger partial charge in [0.05, 0.1) is 5.69 Å². The van der Waals surface area contributed by atoms with Crippen LogP contribution in [0.5, 0.6) is 0 Å². The zero-order valence-corrected chi connectivity index (χ0v) is 17.5. The van der Waals surface area contributed by atoms with Crippen molar-refractivity contribution in [1.82, 2.24) is 24.2 Å². The predicted molar refractivity (Wildman–Crippen MR) is 109 cm³/mol. The summed E-state index contributed by atoms with van der Waals surface area (Å²) in [6.07, 6.45) is 9.67. The Morgan fingerprint density at radius 1 is 1.21 bits per heavy atom. The van der Waals surface area contributed by atoms with Crippen molar-refractivity contribution in [1.29, 1.82) is 0 Å². The first kappa shape index (κ1) is 19.2. The van der Waals surface area contributed by atoms with Crippen molar-refractivity contribution in [2.75, 3.05) is 13.1 Å². The molecule has 1 aliphatic carbocycles. The minimum absolute atomic E-state index is 0.129. The van der Waals surface area contributed by atoms with Gasteiger partial charge >= 0.3 is 0 Å². The molecular weight excluding hydrogens is 350 g/mol. The molecule has 6 nitrogen and oxygen atoms in total. The van der Waals surface area contributed by atoms with Crippen molar-refractivity contribution < 1.29 is 4.79 Å². The molecule has 4 rings (SSSR count). The van der Waals surface area contributed by atoms with Crippen LogP contribution < -0.4 is 0 Å². The predicted octanol–water partition coefficient (Wildman–Crippen LogP) is 3.73. The van der Waals surface area contributed by atoms with Gasteiger partial charge in [-0.2, -0.15) is 5.10 Å². The van der Waals surface area contributed by atoms with Crippen LogP contribution in [0.1, 0.15) is 74.4 Å². The number of carbonyl (C=O) groups excluding carboxylic acids is 1. The standard InChI is InChI=1S/C22H33N5O/c1-4-27-20(14-19(24-27)13-16(2)3)22(28)25-10-7-18(8-11-25)21-23-9-12-26(21)15-17-5-6-17/h9,12,14,16-18H,4-8,10-11,13,15H2,1-3H3. The van der Waals surface area contributed by atoms with E-state index in [1.165, 1.54) is 18.7 Å². The van der Waals surface area contributed by atoms with E-state index in [2.05, 4.69) is 41.6 Å². The van der Waals surface area contributed by atoms with Gasteiger partial charge in [-0.1, -0.05) is 13.8 Å². The second-order valence-electron chi connectivity index (χ2n) is 8.88. The van der Waals surface area contributed by atoms with Crippen molar-refractivity contribution in [3.8, 4) is 0 Å². The number of aromatic nitrogens is 4. The smallest absolute Gasteiger partial charge is 0.272 e. The lowest BCUT2D eigenvalue weighted by Gasteiger charge is -2.32. The minimum atomic E-state index is 0.129. The van der Waals surface area contributed by atoms with Gasteiger partial charge in [0.25, 0.3) is 5.91 Å². The van der Waals surface area contributed by atoms with E-state index in [-0.39, 0.29) is 5.91 Å². The number of carbonyl (C=O) groups is 1. The Morgan fingerprint density at radius 2 is 1.96 bits per heavy atom. The zero-order valence-electron chi connectivity index (χ0n) is 17.5. The van der Waals surface area contributed by atoms with E-state index in [9.17, 15) is 4.79 Å². The molecule has 3 heterocycles. The van der Waals surface area contributed by atoms with Crippen molar-refractivity contribution in [2.24, 2.45) is 11.8 Å². The third kappa shape index (κ3) is 4.15. The molecule has 1 saturated heterocycles. The summed E-state index contributed by atoms with van der Waals surface area (Å²) in [5.74, 6) is 3.20. The van der Waals surface area contributed by atoms with Crippen LogP contribution in [0.2, 0.25) is 0 Å². The van der Waals surface area contributed by atoms with Gasteiger partial charge in [-0.25, -0.2) is 4.98 Å². The van der Waals surface area contributed by atoms with E-state index in [0.29, 0.717) is 11.8 Å². The van der Waals surface area contributed by atoms with Gasteiger partial charge in [0.15, 0.2) is 0 Å². The van der Waals surface area contributed by atoms with Crippen molar-refractivity contribution >= 4 is 5.91 Å². The molecule has 152 valence electrons. The molecule has 0 radical (unpaired) electrons. The van der Waals surface area contributed by atoms with Gasteiger partial charge in [-0.15, -0.1) is 0 Å². The number of hydrogen-bond acceptors (Lipinski definition) is 3. The molecule has 2 aromatic heterocycles. The Hall–Kier alpha value is -2.11. The third-order valence-corrected chi connectivity index (χ3v) is 6.01. The largest absolute Gasteiger partial charge is 0.337 e. The minimum Gasteiger partial charge on any atom is -0.337 e. The van der Waals surface area contributed by atoms with E-state index >= 15 is 0 Å². The lowest BCUT2D eigenvalue weighted by Crippen LogP contribution is -2.39. The van der Waals surface area contributed by atoms with Gasteiger partial charge in [0.1, 0.15) is 11.5 Å². The Labute approximate surface area is 167 Å². The van der Waals surface area contributed by atoms with Gasteiger partial charge in [0.2, 0.25) is 0 Å². The average Bonchev–Trinajstić information content (AvgIpc) is 3.22. The monoisotopic (exact) mass is 383 g/mol. The fourth-order valence-corrected chi connectivity index (χ4v) is 4.32. The van der Waals surface area contributed by atoms with E-state index in [1.54, 1.807) is 0 Å². The van der Waals surface area contributed by atoms with Crippen molar-refractivity contribution in [2.45, 2.75) is 71.9 Å². The number of imidazole rings is 1. The average molecular weight is 384 g/mol. The van der Waals surface area contributed by atoms with Gasteiger partial charge < -0.3 is 9.47 Å².